The first-order valence-electron chi connectivity index (χ1n) is 8.97. The number of hydrogen-bond donors (Lipinski definition) is 1. The molecule has 1 aromatic heterocycles. The average Bonchev–Trinajstić information content (AvgIpc) is 2.96. The number of aromatic nitrogens is 1. The molecule has 0 radical (unpaired) electrons. The van der Waals surface area contributed by atoms with Gasteiger partial charge in [-0.1, -0.05) is 17.7 Å². The molecule has 146 valence electrons. The van der Waals surface area contributed by atoms with Crippen LogP contribution >= 0.6 is 11.3 Å². The van der Waals surface area contributed by atoms with Crippen LogP contribution in [-0.2, 0) is 16.1 Å². The van der Waals surface area contributed by atoms with E-state index in [1.165, 1.54) is 11.3 Å². The molecule has 0 aliphatic heterocycles. The minimum atomic E-state index is -0.0764. The van der Waals surface area contributed by atoms with Crippen LogP contribution in [-0.4, -0.2) is 41.3 Å². The minimum absolute atomic E-state index is 0.0106. The molecule has 0 saturated heterocycles. The van der Waals surface area contributed by atoms with Crippen molar-refractivity contribution >= 4 is 34.0 Å². The van der Waals surface area contributed by atoms with Crippen molar-refractivity contribution in [2.45, 2.75) is 47.2 Å². The van der Waals surface area contributed by atoms with Gasteiger partial charge in [0.25, 0.3) is 0 Å². The molecule has 0 aliphatic rings. The van der Waals surface area contributed by atoms with Gasteiger partial charge in [-0.15, -0.1) is 11.3 Å². The van der Waals surface area contributed by atoms with Crippen LogP contribution in [0.25, 0.3) is 0 Å². The molecule has 27 heavy (non-hydrogen) atoms. The summed E-state index contributed by atoms with van der Waals surface area (Å²) < 4.78 is 0. The van der Waals surface area contributed by atoms with Gasteiger partial charge in [0.1, 0.15) is 0 Å². The Kier molecular flexibility index (Phi) is 7.10. The summed E-state index contributed by atoms with van der Waals surface area (Å²) in [6.07, 6.45) is 0. The maximum absolute atomic E-state index is 12.3. The Balaban J connectivity index is 2.14. The zero-order chi connectivity index (χ0) is 20.1. The van der Waals surface area contributed by atoms with E-state index in [9.17, 15) is 9.59 Å². The maximum Gasteiger partial charge on any atom is 0.234 e. The lowest BCUT2D eigenvalue weighted by Gasteiger charge is -2.20. The molecular formula is C20H28N4O2S. The van der Waals surface area contributed by atoms with Crippen LogP contribution in [0.4, 0.5) is 10.8 Å². The van der Waals surface area contributed by atoms with E-state index in [0.717, 1.165) is 22.5 Å². The van der Waals surface area contributed by atoms with E-state index in [1.807, 2.05) is 57.2 Å². The Labute approximate surface area is 165 Å². The van der Waals surface area contributed by atoms with E-state index in [0.29, 0.717) is 18.2 Å². The number of hydrogen-bond acceptors (Lipinski definition) is 5. The maximum atomic E-state index is 12.3. The highest BCUT2D eigenvalue weighted by Gasteiger charge is 2.20. The third kappa shape index (κ3) is 5.87. The average molecular weight is 389 g/mol. The summed E-state index contributed by atoms with van der Waals surface area (Å²) in [5.74, 6) is -0.0869. The molecule has 0 spiro atoms. The molecule has 0 aliphatic carbocycles. The molecule has 0 atom stereocenters. The van der Waals surface area contributed by atoms with Crippen molar-refractivity contribution in [1.29, 1.82) is 0 Å². The second-order valence-electron chi connectivity index (χ2n) is 7.16. The summed E-state index contributed by atoms with van der Waals surface area (Å²) in [5, 5.41) is 5.46. The molecule has 6 nitrogen and oxygen atoms in total. The number of benzene rings is 1. The van der Waals surface area contributed by atoms with Crippen LogP contribution in [0.1, 0.15) is 37.6 Å². The Morgan fingerprint density at radius 3 is 2.56 bits per heavy atom. The van der Waals surface area contributed by atoms with Gasteiger partial charge in [0.05, 0.1) is 17.9 Å². The summed E-state index contributed by atoms with van der Waals surface area (Å²) in [5.41, 5.74) is 3.87. The lowest BCUT2D eigenvalue weighted by molar-refractivity contribution is -0.122. The number of anilines is 2. The first-order chi connectivity index (χ1) is 12.7. The van der Waals surface area contributed by atoms with Crippen LogP contribution in [0.5, 0.6) is 0 Å². The number of carbonyl (C=O) groups is 2. The molecule has 2 amide bonds. The molecular weight excluding hydrogens is 360 g/mol. The smallest absolute Gasteiger partial charge is 0.234 e. The normalized spacial score (nSPS) is 11.1. The monoisotopic (exact) mass is 388 g/mol. The molecule has 1 aromatic carbocycles. The molecule has 2 rings (SSSR count). The van der Waals surface area contributed by atoms with Crippen molar-refractivity contribution in [3.05, 3.63) is 40.4 Å². The number of aryl methyl sites for hydroxylation is 2. The zero-order valence-corrected chi connectivity index (χ0v) is 17.7. The standard InChI is InChI=1S/C20H28N4O2S/c1-13(2)21-19(26)11-23(6)10-17-12-27-20(22-17)24(16(5)25)18-8-7-14(3)9-15(18)4/h7-9,12-13H,10-11H2,1-6H3,(H,21,26). The van der Waals surface area contributed by atoms with Crippen molar-refractivity contribution < 1.29 is 9.59 Å². The molecule has 0 fully saturated rings. The number of thiazole rings is 1. The van der Waals surface area contributed by atoms with Crippen molar-refractivity contribution in [2.75, 3.05) is 18.5 Å². The molecule has 7 heteroatoms. The number of nitrogens with one attached hydrogen (secondary N) is 1. The van der Waals surface area contributed by atoms with Crippen LogP contribution in [0.15, 0.2) is 23.6 Å². The Hall–Kier alpha value is -2.25. The number of likely N-dealkylation sites (N-methyl/N-ethyl adjacent to an activating group) is 1. The second kappa shape index (κ2) is 9.10. The summed E-state index contributed by atoms with van der Waals surface area (Å²) in [7, 11) is 1.88. The van der Waals surface area contributed by atoms with Crippen molar-refractivity contribution in [2.24, 2.45) is 0 Å². The van der Waals surface area contributed by atoms with Gasteiger partial charge in [-0.25, -0.2) is 4.98 Å². The van der Waals surface area contributed by atoms with Gasteiger partial charge in [-0.05, 0) is 46.4 Å². The fourth-order valence-corrected chi connectivity index (χ4v) is 3.75. The quantitative estimate of drug-likeness (QED) is 0.789. The largest absolute Gasteiger partial charge is 0.353 e. The Morgan fingerprint density at radius 1 is 1.26 bits per heavy atom. The van der Waals surface area contributed by atoms with Crippen molar-refractivity contribution in [1.82, 2.24) is 15.2 Å². The number of amides is 2. The minimum Gasteiger partial charge on any atom is -0.353 e. The van der Waals surface area contributed by atoms with Gasteiger partial charge in [-0.2, -0.15) is 0 Å². The van der Waals surface area contributed by atoms with E-state index < -0.39 is 0 Å². The fourth-order valence-electron chi connectivity index (χ4n) is 2.88. The lowest BCUT2D eigenvalue weighted by atomic mass is 10.1. The molecule has 1 heterocycles. The molecule has 0 bridgehead atoms. The highest BCUT2D eigenvalue weighted by Crippen LogP contribution is 2.31. The Bertz CT molecular complexity index is 816. The lowest BCUT2D eigenvalue weighted by Crippen LogP contribution is -2.38. The van der Waals surface area contributed by atoms with E-state index >= 15 is 0 Å². The summed E-state index contributed by atoms with van der Waals surface area (Å²) in [4.78, 5) is 32.4. The third-order valence-electron chi connectivity index (χ3n) is 3.93. The molecule has 0 saturated carbocycles. The number of rotatable bonds is 7. The first kappa shape index (κ1) is 21.1. The van der Waals surface area contributed by atoms with Gasteiger partial charge < -0.3 is 5.32 Å². The molecule has 1 N–H and O–H groups in total. The SMILES string of the molecule is CC(=O)N(c1nc(CN(C)CC(=O)NC(C)C)cs1)c1ccc(C)cc1C. The van der Waals surface area contributed by atoms with Gasteiger partial charge in [0.15, 0.2) is 5.13 Å². The van der Waals surface area contributed by atoms with Gasteiger partial charge in [0, 0.05) is 24.9 Å². The van der Waals surface area contributed by atoms with E-state index in [1.54, 1.807) is 11.8 Å². The van der Waals surface area contributed by atoms with Gasteiger partial charge >= 0.3 is 0 Å². The van der Waals surface area contributed by atoms with Gasteiger partial charge in [0.2, 0.25) is 11.8 Å². The predicted octanol–water partition coefficient (Wildman–Crippen LogP) is 3.40. The molecule has 0 unspecified atom stereocenters. The number of carbonyl (C=O) groups excluding carboxylic acids is 2. The highest BCUT2D eigenvalue weighted by molar-refractivity contribution is 7.14. The second-order valence-corrected chi connectivity index (χ2v) is 8.00. The van der Waals surface area contributed by atoms with Gasteiger partial charge in [-0.3, -0.25) is 19.4 Å². The molecule has 2 aromatic rings. The Morgan fingerprint density at radius 2 is 1.96 bits per heavy atom. The van der Waals surface area contributed by atoms with E-state index in [4.69, 9.17) is 0 Å². The van der Waals surface area contributed by atoms with Crippen molar-refractivity contribution in [3.63, 3.8) is 0 Å². The number of nitrogens with zero attached hydrogens (tertiary/aromatic N) is 3. The topological polar surface area (TPSA) is 65.5 Å². The predicted molar refractivity (Wildman–Crippen MR) is 110 cm³/mol. The van der Waals surface area contributed by atoms with Crippen LogP contribution in [0.2, 0.25) is 0 Å². The zero-order valence-electron chi connectivity index (χ0n) is 16.9. The van der Waals surface area contributed by atoms with E-state index in [-0.39, 0.29) is 17.9 Å². The van der Waals surface area contributed by atoms with Crippen molar-refractivity contribution in [3.8, 4) is 0 Å². The third-order valence-corrected chi connectivity index (χ3v) is 4.81. The highest BCUT2D eigenvalue weighted by atomic mass is 32.1. The van der Waals surface area contributed by atoms with E-state index in [2.05, 4.69) is 16.4 Å². The summed E-state index contributed by atoms with van der Waals surface area (Å²) in [6, 6.07) is 6.13. The fraction of sp³-hybridized carbons (Fsp3) is 0.450. The summed E-state index contributed by atoms with van der Waals surface area (Å²) in [6.45, 7) is 10.3. The summed E-state index contributed by atoms with van der Waals surface area (Å²) >= 11 is 1.43. The first-order valence-corrected chi connectivity index (χ1v) is 9.85. The van der Waals surface area contributed by atoms with Crippen LogP contribution in [0, 0.1) is 13.8 Å². The van der Waals surface area contributed by atoms with Crippen LogP contribution in [0.3, 0.4) is 0 Å². The van der Waals surface area contributed by atoms with Crippen LogP contribution < -0.4 is 10.2 Å².